The Morgan fingerprint density at radius 1 is 1.29 bits per heavy atom. The number of hydrogen-bond donors (Lipinski definition) is 1. The summed E-state index contributed by atoms with van der Waals surface area (Å²) in [5.41, 5.74) is 4.54. The molecule has 6 heteroatoms. The van der Waals surface area contributed by atoms with Gasteiger partial charge < -0.3 is 14.6 Å². The van der Waals surface area contributed by atoms with Gasteiger partial charge in [0.2, 0.25) is 5.88 Å². The number of carbonyl (C=O) groups is 1. The van der Waals surface area contributed by atoms with Gasteiger partial charge in [-0.2, -0.15) is 0 Å². The Hall–Kier alpha value is -2.63. The number of nitrogens with one attached hydrogen (secondary N) is 1. The Labute approximate surface area is 166 Å². The lowest BCUT2D eigenvalue weighted by atomic mass is 9.93. The molecule has 2 aromatic heterocycles. The van der Waals surface area contributed by atoms with Crippen molar-refractivity contribution in [2.75, 3.05) is 0 Å². The van der Waals surface area contributed by atoms with Gasteiger partial charge in [-0.3, -0.25) is 9.79 Å². The Morgan fingerprint density at radius 2 is 2.07 bits per heavy atom. The molecule has 2 aliphatic rings. The molecule has 0 bridgehead atoms. The van der Waals surface area contributed by atoms with Gasteiger partial charge in [-0.1, -0.05) is 0 Å². The summed E-state index contributed by atoms with van der Waals surface area (Å²) in [6.45, 7) is 8.76. The average molecular weight is 380 g/mol. The maximum atomic E-state index is 12.9. The van der Waals surface area contributed by atoms with Crippen LogP contribution in [0.25, 0.3) is 0 Å². The van der Waals surface area contributed by atoms with Crippen molar-refractivity contribution >= 4 is 11.6 Å². The van der Waals surface area contributed by atoms with Crippen LogP contribution in [0, 0.1) is 0 Å². The Kier molecular flexibility index (Phi) is 4.96. The number of amides is 1. The predicted octanol–water partition coefficient (Wildman–Crippen LogP) is 3.88. The highest BCUT2D eigenvalue weighted by atomic mass is 16.5. The third-order valence-corrected chi connectivity index (χ3v) is 5.35. The van der Waals surface area contributed by atoms with Crippen LogP contribution >= 0.6 is 0 Å². The SMILES string of the molecule is CC(C)Oc1nccc2c1C(c1cc(C(=O)NC3CCC3)n(C(C)C)c1)=NC2. The number of fused-ring (bicyclic) bond motifs is 1. The fourth-order valence-corrected chi connectivity index (χ4v) is 3.69. The Balaban J connectivity index is 1.70. The van der Waals surface area contributed by atoms with Gasteiger partial charge in [0.15, 0.2) is 0 Å². The van der Waals surface area contributed by atoms with Crippen molar-refractivity contribution in [2.45, 2.75) is 71.7 Å². The molecule has 0 aromatic carbocycles. The molecule has 0 spiro atoms. The smallest absolute Gasteiger partial charge is 0.268 e. The topological polar surface area (TPSA) is 68.5 Å². The molecule has 0 saturated heterocycles. The summed E-state index contributed by atoms with van der Waals surface area (Å²) in [5, 5.41) is 3.15. The molecule has 28 heavy (non-hydrogen) atoms. The molecule has 1 N–H and O–H groups in total. The zero-order valence-corrected chi connectivity index (χ0v) is 17.0. The average Bonchev–Trinajstić information content (AvgIpc) is 3.22. The second-order valence-electron chi connectivity index (χ2n) is 8.20. The van der Waals surface area contributed by atoms with Crippen LogP contribution < -0.4 is 10.1 Å². The first-order valence-electron chi connectivity index (χ1n) is 10.2. The number of aliphatic imine (C=N–C) groups is 1. The van der Waals surface area contributed by atoms with E-state index in [9.17, 15) is 4.79 Å². The maximum Gasteiger partial charge on any atom is 0.268 e. The summed E-state index contributed by atoms with van der Waals surface area (Å²) < 4.78 is 7.97. The lowest BCUT2D eigenvalue weighted by Crippen LogP contribution is -2.40. The van der Waals surface area contributed by atoms with Crippen LogP contribution in [0.15, 0.2) is 29.5 Å². The number of rotatable bonds is 6. The minimum atomic E-state index is -0.00619. The van der Waals surface area contributed by atoms with E-state index in [-0.39, 0.29) is 18.1 Å². The number of nitrogens with zero attached hydrogens (tertiary/aromatic N) is 3. The van der Waals surface area contributed by atoms with Gasteiger partial charge in [-0.15, -0.1) is 0 Å². The molecule has 2 aromatic rings. The fourth-order valence-electron chi connectivity index (χ4n) is 3.69. The number of hydrogen-bond acceptors (Lipinski definition) is 4. The van der Waals surface area contributed by atoms with Gasteiger partial charge in [0.25, 0.3) is 5.91 Å². The molecule has 0 radical (unpaired) electrons. The highest BCUT2D eigenvalue weighted by molar-refractivity contribution is 6.17. The first-order valence-corrected chi connectivity index (χ1v) is 10.2. The minimum absolute atomic E-state index is 0.00619. The molecule has 3 heterocycles. The van der Waals surface area contributed by atoms with Gasteiger partial charge in [0.05, 0.1) is 23.9 Å². The van der Waals surface area contributed by atoms with E-state index in [1.54, 1.807) is 6.20 Å². The lowest BCUT2D eigenvalue weighted by Gasteiger charge is -2.26. The fraction of sp³-hybridized carbons (Fsp3) is 0.500. The predicted molar refractivity (Wildman–Crippen MR) is 109 cm³/mol. The molecular weight excluding hydrogens is 352 g/mol. The normalized spacial score (nSPS) is 16.1. The van der Waals surface area contributed by atoms with E-state index in [1.807, 2.05) is 36.7 Å². The van der Waals surface area contributed by atoms with E-state index in [0.29, 0.717) is 24.2 Å². The maximum absolute atomic E-state index is 12.9. The highest BCUT2D eigenvalue weighted by Gasteiger charge is 2.28. The standard InChI is InChI=1S/C22H28N4O2/c1-13(2)26-12-16(10-18(26)21(27)25-17-6-5-7-17)20-19-15(11-24-20)8-9-23-22(19)28-14(3)4/h8-10,12-14,17H,5-7,11H2,1-4H3,(H,25,27). The number of carbonyl (C=O) groups excluding carboxylic acids is 1. The van der Waals surface area contributed by atoms with Crippen LogP contribution in [0.5, 0.6) is 5.88 Å². The van der Waals surface area contributed by atoms with Gasteiger partial charge in [-0.25, -0.2) is 4.98 Å². The van der Waals surface area contributed by atoms with E-state index in [2.05, 4.69) is 24.1 Å². The quantitative estimate of drug-likeness (QED) is 0.827. The van der Waals surface area contributed by atoms with Crippen LogP contribution in [0.1, 0.15) is 80.2 Å². The first kappa shape index (κ1) is 18.7. The molecule has 4 rings (SSSR count). The van der Waals surface area contributed by atoms with Crippen molar-refractivity contribution in [3.63, 3.8) is 0 Å². The van der Waals surface area contributed by atoms with Crippen molar-refractivity contribution in [2.24, 2.45) is 4.99 Å². The number of ether oxygens (including phenoxy) is 1. The van der Waals surface area contributed by atoms with E-state index in [0.717, 1.165) is 35.2 Å². The molecule has 0 unspecified atom stereocenters. The largest absolute Gasteiger partial charge is 0.474 e. The molecule has 148 valence electrons. The van der Waals surface area contributed by atoms with Crippen molar-refractivity contribution in [1.29, 1.82) is 0 Å². The molecular formula is C22H28N4O2. The van der Waals surface area contributed by atoms with E-state index in [4.69, 9.17) is 9.73 Å². The molecule has 0 atom stereocenters. The summed E-state index contributed by atoms with van der Waals surface area (Å²) in [5.74, 6) is 0.606. The molecule has 1 fully saturated rings. The summed E-state index contributed by atoms with van der Waals surface area (Å²) >= 11 is 0. The van der Waals surface area contributed by atoms with Gasteiger partial charge >= 0.3 is 0 Å². The Bertz CT molecular complexity index is 923. The van der Waals surface area contributed by atoms with Crippen molar-refractivity contribution in [3.8, 4) is 5.88 Å². The third kappa shape index (κ3) is 3.43. The minimum Gasteiger partial charge on any atom is -0.474 e. The van der Waals surface area contributed by atoms with Crippen LogP contribution in [-0.4, -0.2) is 33.3 Å². The zero-order valence-electron chi connectivity index (χ0n) is 17.0. The second-order valence-corrected chi connectivity index (χ2v) is 8.20. The monoisotopic (exact) mass is 380 g/mol. The summed E-state index contributed by atoms with van der Waals surface area (Å²) in [7, 11) is 0. The van der Waals surface area contributed by atoms with Crippen molar-refractivity contribution in [3.05, 3.63) is 46.9 Å². The first-order chi connectivity index (χ1) is 13.4. The van der Waals surface area contributed by atoms with E-state index >= 15 is 0 Å². The summed E-state index contributed by atoms with van der Waals surface area (Å²) in [4.78, 5) is 22.0. The van der Waals surface area contributed by atoms with Gasteiger partial charge in [-0.05, 0) is 64.7 Å². The molecule has 1 aliphatic heterocycles. The van der Waals surface area contributed by atoms with Crippen LogP contribution in [0.3, 0.4) is 0 Å². The van der Waals surface area contributed by atoms with E-state index in [1.165, 1.54) is 6.42 Å². The van der Waals surface area contributed by atoms with Crippen molar-refractivity contribution < 1.29 is 9.53 Å². The van der Waals surface area contributed by atoms with Gasteiger partial charge in [0, 0.05) is 30.0 Å². The molecule has 1 saturated carbocycles. The van der Waals surface area contributed by atoms with Crippen LogP contribution in [0.4, 0.5) is 0 Å². The van der Waals surface area contributed by atoms with Crippen LogP contribution in [0.2, 0.25) is 0 Å². The van der Waals surface area contributed by atoms with Gasteiger partial charge in [0.1, 0.15) is 5.69 Å². The lowest BCUT2D eigenvalue weighted by molar-refractivity contribution is 0.0906. The number of aromatic nitrogens is 2. The third-order valence-electron chi connectivity index (χ3n) is 5.35. The zero-order chi connectivity index (χ0) is 19.8. The Morgan fingerprint density at radius 3 is 2.71 bits per heavy atom. The van der Waals surface area contributed by atoms with Crippen molar-refractivity contribution in [1.82, 2.24) is 14.9 Å². The molecule has 1 aliphatic carbocycles. The number of pyridine rings is 1. The highest BCUT2D eigenvalue weighted by Crippen LogP contribution is 2.31. The summed E-state index contributed by atoms with van der Waals surface area (Å²) in [6.07, 6.45) is 7.17. The molecule has 6 nitrogen and oxygen atoms in total. The van der Waals surface area contributed by atoms with Crippen LogP contribution in [-0.2, 0) is 6.54 Å². The molecule has 1 amide bonds. The van der Waals surface area contributed by atoms with E-state index < -0.39 is 0 Å². The second kappa shape index (κ2) is 7.41. The summed E-state index contributed by atoms with van der Waals surface area (Å²) in [6, 6.07) is 4.43.